The first kappa shape index (κ1) is 26.8. The second kappa shape index (κ2) is 12.7. The summed E-state index contributed by atoms with van der Waals surface area (Å²) in [6.07, 6.45) is 1.49. The van der Waals surface area contributed by atoms with Crippen LogP contribution in [0, 0.1) is 41.3 Å². The van der Waals surface area contributed by atoms with E-state index in [0.717, 1.165) is 43.6 Å². The minimum atomic E-state index is -0.394. The van der Waals surface area contributed by atoms with Crippen LogP contribution in [0.15, 0.2) is 35.2 Å². The van der Waals surface area contributed by atoms with E-state index < -0.39 is 5.91 Å². The quantitative estimate of drug-likeness (QED) is 0.191. The maximum Gasteiger partial charge on any atom is 0.257 e. The van der Waals surface area contributed by atoms with Gasteiger partial charge in [-0.2, -0.15) is 0 Å². The third-order valence-electron chi connectivity index (χ3n) is 4.67. The van der Waals surface area contributed by atoms with E-state index in [2.05, 4.69) is 20.5 Å². The van der Waals surface area contributed by atoms with Crippen LogP contribution in [-0.4, -0.2) is 49.7 Å². The first-order valence-electron chi connectivity index (χ1n) is 9.47. The summed E-state index contributed by atoms with van der Waals surface area (Å²) in [4.78, 5) is 29.6. The van der Waals surface area contributed by atoms with Crippen LogP contribution in [0.2, 0.25) is 5.02 Å². The number of carbonyl (C=O) groups is 2. The smallest absolute Gasteiger partial charge is 0.257 e. The molecule has 0 atom stereocenters. The van der Waals surface area contributed by atoms with Gasteiger partial charge in [0.25, 0.3) is 5.91 Å². The van der Waals surface area contributed by atoms with Gasteiger partial charge in [0.2, 0.25) is 0 Å². The third kappa shape index (κ3) is 6.55. The Morgan fingerprint density at radius 1 is 1.31 bits per heavy atom. The first-order chi connectivity index (χ1) is 14.9. The van der Waals surface area contributed by atoms with Crippen LogP contribution in [0.4, 0.5) is 22.9 Å². The van der Waals surface area contributed by atoms with Crippen molar-refractivity contribution in [2.75, 3.05) is 48.9 Å². The van der Waals surface area contributed by atoms with Crippen molar-refractivity contribution in [1.29, 1.82) is 0 Å². The number of hydrogen-bond acceptors (Lipinski definition) is 8. The number of anilines is 4. The van der Waals surface area contributed by atoms with Gasteiger partial charge in [-0.3, -0.25) is 14.6 Å². The summed E-state index contributed by atoms with van der Waals surface area (Å²) in [6.45, 7) is 3.20. The number of halogens is 1. The largest absolute Gasteiger partial charge is 0.659 e. The van der Waals surface area contributed by atoms with E-state index in [1.54, 1.807) is 18.2 Å². The molecule has 2 heterocycles. The fourth-order valence-electron chi connectivity index (χ4n) is 3.08. The summed E-state index contributed by atoms with van der Waals surface area (Å²) < 4.78 is 0. The fourth-order valence-corrected chi connectivity index (χ4v) is 3.88. The summed E-state index contributed by atoms with van der Waals surface area (Å²) in [7, 11) is 1.48. The second-order valence-corrected chi connectivity index (χ2v) is 7.89. The topological polar surface area (TPSA) is 132 Å². The Morgan fingerprint density at radius 2 is 2.03 bits per heavy atom. The summed E-state index contributed by atoms with van der Waals surface area (Å²) in [5.41, 5.74) is 8.97. The molecule has 0 saturated carbocycles. The molecule has 1 amide bonds. The van der Waals surface area contributed by atoms with Gasteiger partial charge < -0.3 is 21.3 Å². The van der Waals surface area contributed by atoms with Gasteiger partial charge in [-0.25, -0.2) is 10.8 Å². The number of nitrogens with two attached hydrogens (primary N) is 2. The van der Waals surface area contributed by atoms with Crippen molar-refractivity contribution in [2.45, 2.75) is 0 Å². The molecule has 5 N–H and O–H groups in total. The van der Waals surface area contributed by atoms with Gasteiger partial charge in [-0.05, 0) is 61.3 Å². The number of benzene rings is 1. The van der Waals surface area contributed by atoms with Gasteiger partial charge in [-0.1, -0.05) is 11.6 Å². The average Bonchev–Trinajstić information content (AvgIpc) is 2.79. The Labute approximate surface area is 229 Å². The number of amides is 1. The van der Waals surface area contributed by atoms with Crippen molar-refractivity contribution in [3.8, 4) is 0 Å². The number of pyridine rings is 1. The van der Waals surface area contributed by atoms with Gasteiger partial charge in [0, 0.05) is 48.3 Å². The Hall–Kier alpha value is -1.43. The number of nitrogens with zero attached hydrogens (tertiary/aromatic N) is 4. The normalized spacial score (nSPS) is 13.8. The molecular formula is C20H23ClN7O2PrS-. The van der Waals surface area contributed by atoms with Gasteiger partial charge in [0.05, 0.1) is 32.7 Å². The third-order valence-corrected chi connectivity index (χ3v) is 5.62. The molecule has 1 aromatic carbocycles. The molecule has 167 valence electrons. The number of carbonyl (C=O) groups excluding carboxylic acids is 2. The van der Waals surface area contributed by atoms with Crippen molar-refractivity contribution in [2.24, 2.45) is 5.84 Å². The first-order valence-corrected chi connectivity index (χ1v) is 10.7. The van der Waals surface area contributed by atoms with Crippen molar-refractivity contribution in [3.05, 3.63) is 51.3 Å². The SMILES string of the molecule is CNC(=O)/C(=C/c1ccc(N)c(N(N)c2ccc(N3CC[N-]CC3)c(Cl)c2)n1)SC=O.[Pr]. The number of piperazine rings is 1. The van der Waals surface area contributed by atoms with Crippen molar-refractivity contribution >= 4 is 63.8 Å². The van der Waals surface area contributed by atoms with Crippen molar-refractivity contribution in [3.63, 3.8) is 0 Å². The molecule has 1 saturated heterocycles. The van der Waals surface area contributed by atoms with E-state index in [1.165, 1.54) is 18.1 Å². The molecule has 9 nitrogen and oxygen atoms in total. The summed E-state index contributed by atoms with van der Waals surface area (Å²) >= 11 is 7.28. The monoisotopic (exact) mass is 601 g/mol. The number of hydrogen-bond donors (Lipinski definition) is 3. The molecule has 1 aromatic heterocycles. The molecule has 0 bridgehead atoms. The van der Waals surface area contributed by atoms with Gasteiger partial charge in [0.15, 0.2) is 11.4 Å². The number of rotatable bonds is 7. The molecule has 1 aliphatic heterocycles. The van der Waals surface area contributed by atoms with Crippen molar-refractivity contribution < 1.29 is 50.9 Å². The van der Waals surface area contributed by atoms with E-state index in [4.69, 9.17) is 23.2 Å². The second-order valence-electron chi connectivity index (χ2n) is 6.61. The summed E-state index contributed by atoms with van der Waals surface area (Å²) in [6, 6.07) is 8.78. The zero-order chi connectivity index (χ0) is 22.4. The molecule has 3 rings (SSSR count). The molecule has 2 aromatic rings. The van der Waals surface area contributed by atoms with Crippen LogP contribution >= 0.6 is 23.4 Å². The molecule has 0 aliphatic carbocycles. The van der Waals surface area contributed by atoms with Crippen LogP contribution in [-0.2, 0) is 9.59 Å². The molecule has 0 spiro atoms. The molecule has 1 fully saturated rings. The number of nitrogens with one attached hydrogen (secondary N) is 1. The predicted molar refractivity (Wildman–Crippen MR) is 128 cm³/mol. The standard InChI is InChI=1S/C20H23ClN7O2S.Pr/c1-24-20(30)18(31-12-29)10-13-2-4-16(22)19(26-13)28(23)14-3-5-17(15(21)11-14)27-8-6-25-7-9-27;/h2-5,10-12H,6-9,22-23H2,1H3,(H,24,30);/q-1;/b18-10-;. The van der Waals surface area contributed by atoms with Gasteiger partial charge in [0.1, 0.15) is 0 Å². The zero-order valence-electron chi connectivity index (χ0n) is 17.5. The Bertz CT molecular complexity index is 1000. The van der Waals surface area contributed by atoms with Gasteiger partial charge in [-0.15, -0.1) is 13.1 Å². The van der Waals surface area contributed by atoms with E-state index in [-0.39, 0.29) is 46.2 Å². The molecule has 32 heavy (non-hydrogen) atoms. The summed E-state index contributed by atoms with van der Waals surface area (Å²) in [5.74, 6) is 6.20. The number of likely N-dealkylation sites (N-methyl/N-ethyl adjacent to an activating group) is 1. The number of thioether (sulfide) groups is 1. The van der Waals surface area contributed by atoms with E-state index >= 15 is 0 Å². The van der Waals surface area contributed by atoms with Gasteiger partial charge >= 0.3 is 0 Å². The molecule has 1 radical (unpaired) electrons. The molecular weight excluding hydrogens is 579 g/mol. The van der Waals surface area contributed by atoms with Crippen LogP contribution in [0.25, 0.3) is 11.4 Å². The van der Waals surface area contributed by atoms with Crippen LogP contribution in [0.5, 0.6) is 0 Å². The number of aromatic nitrogens is 1. The van der Waals surface area contributed by atoms with E-state index in [0.29, 0.717) is 33.5 Å². The maximum absolute atomic E-state index is 11.9. The minimum absolute atomic E-state index is 0. The number of hydrazine groups is 1. The average molecular weight is 602 g/mol. The van der Waals surface area contributed by atoms with Crippen LogP contribution in [0.3, 0.4) is 0 Å². The summed E-state index contributed by atoms with van der Waals surface area (Å²) in [5, 5.41) is 8.73. The molecule has 12 heteroatoms. The fraction of sp³-hybridized carbons (Fsp3) is 0.250. The predicted octanol–water partition coefficient (Wildman–Crippen LogP) is 2.53. The van der Waals surface area contributed by atoms with Crippen molar-refractivity contribution in [1.82, 2.24) is 10.3 Å². The van der Waals surface area contributed by atoms with E-state index in [1.807, 2.05) is 12.1 Å². The molecule has 1 aliphatic rings. The zero-order valence-corrected chi connectivity index (χ0v) is 22.8. The number of nitrogen functional groups attached to an aromatic ring is 1. The minimum Gasteiger partial charge on any atom is -0.659 e. The van der Waals surface area contributed by atoms with Crippen LogP contribution in [0.1, 0.15) is 5.69 Å². The Balaban J connectivity index is 0.00000363. The Kier molecular flexibility index (Phi) is 10.7. The maximum atomic E-state index is 11.9. The Morgan fingerprint density at radius 3 is 2.66 bits per heavy atom. The van der Waals surface area contributed by atoms with Crippen LogP contribution < -0.4 is 26.8 Å². The van der Waals surface area contributed by atoms with E-state index in [9.17, 15) is 9.59 Å². The molecule has 0 unspecified atom stereocenters.